The maximum atomic E-state index is 10.6. The van der Waals surface area contributed by atoms with Crippen LogP contribution in [0.3, 0.4) is 0 Å². The zero-order chi connectivity index (χ0) is 23.0. The van der Waals surface area contributed by atoms with Crippen LogP contribution in [0.2, 0.25) is 0 Å². The van der Waals surface area contributed by atoms with Crippen LogP contribution in [0.25, 0.3) is 0 Å². The molecule has 0 saturated carbocycles. The lowest BCUT2D eigenvalue weighted by molar-refractivity contribution is 0.0401. The molecule has 33 heavy (non-hydrogen) atoms. The topological polar surface area (TPSA) is 35.9 Å². The van der Waals surface area contributed by atoms with Crippen LogP contribution >= 0.6 is 0 Å². The summed E-state index contributed by atoms with van der Waals surface area (Å²) in [6, 6.07) is 30.0. The summed E-state index contributed by atoms with van der Waals surface area (Å²) in [5.41, 5.74) is 3.95. The number of benzene rings is 3. The van der Waals surface area contributed by atoms with Gasteiger partial charge in [0.15, 0.2) is 0 Å². The van der Waals surface area contributed by atoms with E-state index >= 15 is 0 Å². The molecule has 1 aliphatic rings. The smallest absolute Gasteiger partial charge is 0.119 e. The summed E-state index contributed by atoms with van der Waals surface area (Å²) >= 11 is 0. The summed E-state index contributed by atoms with van der Waals surface area (Å²) in [5, 5.41) is 10.6. The molecule has 0 unspecified atom stereocenters. The number of nitrogens with zero attached hydrogens (tertiary/aromatic N) is 2. The number of rotatable bonds is 9. The molecule has 0 amide bonds. The Balaban J connectivity index is 1.29. The normalized spacial score (nSPS) is 16.3. The standard InChI is InChI=1S/C29H36N2O2/c1-23(2)24-13-15-28(16-14-24)33-22-27(32)21-30-17-19-31(20-18-30)29(25-9-5-3-6-10-25)26-11-7-4-8-12-26/h3-16,23,27,29,32H,17-22H2,1-2H3/t27-/m0/s1. The highest BCUT2D eigenvalue weighted by molar-refractivity contribution is 5.32. The fourth-order valence-electron chi connectivity index (χ4n) is 4.58. The predicted molar refractivity (Wildman–Crippen MR) is 135 cm³/mol. The van der Waals surface area contributed by atoms with Gasteiger partial charge in [-0.25, -0.2) is 0 Å². The number of hydrogen-bond donors (Lipinski definition) is 1. The SMILES string of the molecule is CC(C)c1ccc(OC[C@@H](O)CN2CCN(C(c3ccccc3)c3ccccc3)CC2)cc1. The number of aliphatic hydroxyl groups excluding tert-OH is 1. The minimum Gasteiger partial charge on any atom is -0.491 e. The largest absolute Gasteiger partial charge is 0.491 e. The van der Waals surface area contributed by atoms with Gasteiger partial charge in [-0.15, -0.1) is 0 Å². The number of aliphatic hydroxyl groups is 1. The van der Waals surface area contributed by atoms with Gasteiger partial charge < -0.3 is 9.84 Å². The Hall–Kier alpha value is -2.66. The number of β-amino-alcohol motifs (C(OH)–C–C–N with tert-alkyl or cyclic N) is 1. The van der Waals surface area contributed by atoms with E-state index in [1.54, 1.807) is 0 Å². The molecule has 0 spiro atoms. The first-order chi connectivity index (χ1) is 16.1. The molecular weight excluding hydrogens is 408 g/mol. The van der Waals surface area contributed by atoms with Crippen LogP contribution in [0.5, 0.6) is 5.75 Å². The van der Waals surface area contributed by atoms with Crippen LogP contribution in [0.4, 0.5) is 0 Å². The lowest BCUT2D eigenvalue weighted by atomic mass is 9.96. The lowest BCUT2D eigenvalue weighted by Crippen LogP contribution is -2.50. The number of ether oxygens (including phenoxy) is 1. The second-order valence-corrected chi connectivity index (χ2v) is 9.25. The Morgan fingerprint density at radius 3 is 1.79 bits per heavy atom. The van der Waals surface area contributed by atoms with Gasteiger partial charge in [0.25, 0.3) is 0 Å². The number of piperazine rings is 1. The van der Waals surface area contributed by atoms with Crippen LogP contribution in [-0.2, 0) is 0 Å². The monoisotopic (exact) mass is 444 g/mol. The van der Waals surface area contributed by atoms with Gasteiger partial charge in [-0.3, -0.25) is 9.80 Å². The van der Waals surface area contributed by atoms with Crippen LogP contribution in [0, 0.1) is 0 Å². The molecule has 0 radical (unpaired) electrons. The van der Waals surface area contributed by atoms with Crippen molar-refractivity contribution >= 4 is 0 Å². The van der Waals surface area contributed by atoms with Crippen molar-refractivity contribution in [1.29, 1.82) is 0 Å². The summed E-state index contributed by atoms with van der Waals surface area (Å²) < 4.78 is 5.83. The van der Waals surface area contributed by atoms with Crippen molar-refractivity contribution in [2.45, 2.75) is 31.9 Å². The molecule has 4 nitrogen and oxygen atoms in total. The third-order valence-corrected chi connectivity index (χ3v) is 6.46. The third kappa shape index (κ3) is 6.44. The first kappa shape index (κ1) is 23.5. The quantitative estimate of drug-likeness (QED) is 0.506. The average Bonchev–Trinajstić information content (AvgIpc) is 2.85. The van der Waals surface area contributed by atoms with Gasteiger partial charge in [0.05, 0.1) is 6.04 Å². The second-order valence-electron chi connectivity index (χ2n) is 9.25. The molecule has 0 bridgehead atoms. The fraction of sp³-hybridized carbons (Fsp3) is 0.379. The molecule has 3 aromatic carbocycles. The molecule has 1 saturated heterocycles. The number of hydrogen-bond acceptors (Lipinski definition) is 4. The highest BCUT2D eigenvalue weighted by Crippen LogP contribution is 2.29. The van der Waals surface area contributed by atoms with Gasteiger partial charge in [-0.05, 0) is 34.7 Å². The van der Waals surface area contributed by atoms with E-state index in [0.717, 1.165) is 31.9 Å². The van der Waals surface area contributed by atoms with Crippen molar-refractivity contribution in [2.24, 2.45) is 0 Å². The third-order valence-electron chi connectivity index (χ3n) is 6.46. The second kappa shape index (κ2) is 11.5. The van der Waals surface area contributed by atoms with Crippen molar-refractivity contribution in [3.63, 3.8) is 0 Å². The van der Waals surface area contributed by atoms with E-state index in [1.165, 1.54) is 16.7 Å². The molecule has 1 heterocycles. The molecule has 1 aliphatic heterocycles. The van der Waals surface area contributed by atoms with Crippen LogP contribution in [0.15, 0.2) is 84.9 Å². The summed E-state index contributed by atoms with van der Waals surface area (Å²) in [4.78, 5) is 4.90. The zero-order valence-electron chi connectivity index (χ0n) is 19.8. The van der Waals surface area contributed by atoms with E-state index in [4.69, 9.17) is 4.74 Å². The van der Waals surface area contributed by atoms with E-state index in [-0.39, 0.29) is 6.04 Å². The molecular formula is C29H36N2O2. The summed E-state index contributed by atoms with van der Waals surface area (Å²) in [6.07, 6.45) is -0.500. The van der Waals surface area contributed by atoms with Crippen molar-refractivity contribution in [3.05, 3.63) is 102 Å². The highest BCUT2D eigenvalue weighted by atomic mass is 16.5. The van der Waals surface area contributed by atoms with E-state index in [2.05, 4.69) is 96.4 Å². The van der Waals surface area contributed by atoms with Crippen LogP contribution in [-0.4, -0.2) is 60.3 Å². The predicted octanol–water partition coefficient (Wildman–Crippen LogP) is 4.96. The molecule has 1 atom stereocenters. The summed E-state index contributed by atoms with van der Waals surface area (Å²) in [7, 11) is 0. The van der Waals surface area contributed by atoms with E-state index in [0.29, 0.717) is 19.1 Å². The Morgan fingerprint density at radius 1 is 0.727 bits per heavy atom. The maximum absolute atomic E-state index is 10.6. The summed E-state index contributed by atoms with van der Waals surface area (Å²) in [6.45, 7) is 9.14. The minimum atomic E-state index is -0.500. The van der Waals surface area contributed by atoms with Crippen molar-refractivity contribution < 1.29 is 9.84 Å². The maximum Gasteiger partial charge on any atom is 0.119 e. The Kier molecular flexibility index (Phi) is 8.16. The molecule has 174 valence electrons. The van der Waals surface area contributed by atoms with Crippen LogP contribution < -0.4 is 4.74 Å². The van der Waals surface area contributed by atoms with E-state index < -0.39 is 6.10 Å². The average molecular weight is 445 g/mol. The summed E-state index contributed by atoms with van der Waals surface area (Å²) in [5.74, 6) is 1.32. The van der Waals surface area contributed by atoms with Gasteiger partial charge in [0.2, 0.25) is 0 Å². The molecule has 0 aromatic heterocycles. The van der Waals surface area contributed by atoms with Crippen molar-refractivity contribution in [3.8, 4) is 5.75 Å². The van der Waals surface area contributed by atoms with Gasteiger partial charge in [0.1, 0.15) is 18.5 Å². The van der Waals surface area contributed by atoms with Gasteiger partial charge >= 0.3 is 0 Å². The van der Waals surface area contributed by atoms with E-state index in [1.807, 2.05) is 12.1 Å². The first-order valence-corrected chi connectivity index (χ1v) is 12.1. The minimum absolute atomic E-state index is 0.261. The lowest BCUT2D eigenvalue weighted by Gasteiger charge is -2.40. The Morgan fingerprint density at radius 2 is 1.27 bits per heavy atom. The first-order valence-electron chi connectivity index (χ1n) is 12.1. The Bertz CT molecular complexity index is 912. The van der Waals surface area contributed by atoms with Crippen molar-refractivity contribution in [1.82, 2.24) is 9.80 Å². The van der Waals surface area contributed by atoms with Gasteiger partial charge in [0, 0.05) is 32.7 Å². The molecule has 1 fully saturated rings. The fourth-order valence-corrected chi connectivity index (χ4v) is 4.58. The molecule has 4 rings (SSSR count). The molecule has 4 heteroatoms. The zero-order valence-corrected chi connectivity index (χ0v) is 19.8. The highest BCUT2D eigenvalue weighted by Gasteiger charge is 2.27. The van der Waals surface area contributed by atoms with Gasteiger partial charge in [-0.2, -0.15) is 0 Å². The van der Waals surface area contributed by atoms with Crippen LogP contribution in [0.1, 0.15) is 42.5 Å². The van der Waals surface area contributed by atoms with Gasteiger partial charge in [-0.1, -0.05) is 86.6 Å². The van der Waals surface area contributed by atoms with Crippen molar-refractivity contribution in [2.75, 3.05) is 39.3 Å². The molecule has 1 N–H and O–H groups in total. The molecule has 3 aromatic rings. The Labute approximate surface area is 198 Å². The molecule has 0 aliphatic carbocycles. The van der Waals surface area contributed by atoms with E-state index in [9.17, 15) is 5.11 Å².